The van der Waals surface area contributed by atoms with E-state index in [9.17, 15) is 92.2 Å². The van der Waals surface area contributed by atoms with Gasteiger partial charge in [-0.3, -0.25) is 36.9 Å². The molecule has 0 bridgehead atoms. The number of rotatable bonds is 24. The van der Waals surface area contributed by atoms with Crippen molar-refractivity contribution in [3.8, 4) is 0 Å². The molecule has 27 nitrogen and oxygen atoms in total. The standard InChI is InChI=1S/C54H57N3O24S6/c1-53(21-25-79-3)46(55(23-5-27-82(61,62)63)42-15-13-38-40(50(42)53)29-36(84(67,68)69)31-44(38)86(73,74)75)17-11-34(33-7-9-35(10-8-33)52(60)81-57-48(58)19-20-49(57)59)12-18-47-54(2,22-26-80-4)51-41-30-37(85(70,71)72)32-45(87(76,77)78)39(41)14-16-43(51)56(47)24-6-28-83(64,65)66/h7-18,29-32H,5-6,19-28H2,1-4H3,(H5-,61,62,63,64,65,66,67,68,69,70,71,72,73,74,75,76,77,78)/p+1. The smallest absolute Gasteiger partial charge is 0.363 e. The van der Waals surface area contributed by atoms with Crippen LogP contribution in [0, 0.1) is 0 Å². The Kier molecular flexibility index (Phi) is 18.5. The van der Waals surface area contributed by atoms with Crippen LogP contribution in [0.5, 0.6) is 0 Å². The van der Waals surface area contributed by atoms with Crippen molar-refractivity contribution in [1.29, 1.82) is 0 Å². The average Bonchev–Trinajstić information content (AvgIpc) is 1.61. The molecule has 6 N–H and O–H groups in total. The number of hydrogen-bond donors (Lipinski definition) is 6. The monoisotopic (exact) mass is 1320 g/mol. The number of allylic oxidation sites excluding steroid dienone is 6. The first kappa shape index (κ1) is 66.3. The molecule has 3 heterocycles. The first-order valence-corrected chi connectivity index (χ1v) is 35.0. The van der Waals surface area contributed by atoms with E-state index in [1.165, 1.54) is 62.8 Å². The molecule has 5 aromatic carbocycles. The summed E-state index contributed by atoms with van der Waals surface area (Å²) < 4.78 is 226. The highest BCUT2D eigenvalue weighted by Crippen LogP contribution is 2.54. The first-order valence-electron chi connectivity index (χ1n) is 26.0. The predicted octanol–water partition coefficient (Wildman–Crippen LogP) is 5.49. The van der Waals surface area contributed by atoms with Gasteiger partial charge in [-0.2, -0.15) is 55.1 Å². The molecule has 8 rings (SSSR count). The van der Waals surface area contributed by atoms with Crippen molar-refractivity contribution in [1.82, 2.24) is 5.06 Å². The Balaban J connectivity index is 1.43. The van der Waals surface area contributed by atoms with E-state index in [0.29, 0.717) is 28.6 Å². The number of fused-ring (bicyclic) bond motifs is 6. The van der Waals surface area contributed by atoms with Crippen LogP contribution in [0.15, 0.2) is 122 Å². The fourth-order valence-corrected chi connectivity index (χ4v) is 15.0. The molecule has 1 saturated heterocycles. The molecule has 468 valence electrons. The Bertz CT molecular complexity index is 4550. The largest absolute Gasteiger partial charge is 0.385 e. The van der Waals surface area contributed by atoms with Gasteiger partial charge in [0.25, 0.3) is 72.5 Å². The minimum absolute atomic E-state index is 0.00447. The van der Waals surface area contributed by atoms with Crippen LogP contribution in [0.4, 0.5) is 11.4 Å². The van der Waals surface area contributed by atoms with E-state index >= 15 is 0 Å². The maximum atomic E-state index is 13.4. The fourth-order valence-electron chi connectivity index (χ4n) is 11.3. The van der Waals surface area contributed by atoms with Crippen molar-refractivity contribution >= 4 is 123 Å². The number of imide groups is 1. The number of hydroxylamine groups is 2. The van der Waals surface area contributed by atoms with Gasteiger partial charge in [0, 0.05) is 98.5 Å². The van der Waals surface area contributed by atoms with Gasteiger partial charge in [-0.15, -0.1) is 5.06 Å². The summed E-state index contributed by atoms with van der Waals surface area (Å²) in [6.07, 6.45) is 5.35. The Labute approximate surface area is 500 Å². The molecule has 0 saturated carbocycles. The van der Waals surface area contributed by atoms with Crippen LogP contribution in [0.3, 0.4) is 0 Å². The van der Waals surface area contributed by atoms with Crippen LogP contribution < -0.4 is 4.90 Å². The quantitative estimate of drug-likeness (QED) is 0.0192. The normalized spacial score (nSPS) is 19.4. The maximum Gasteiger partial charge on any atom is 0.363 e. The third-order valence-electron chi connectivity index (χ3n) is 15.3. The Morgan fingerprint density at radius 2 is 1.10 bits per heavy atom. The van der Waals surface area contributed by atoms with Gasteiger partial charge >= 0.3 is 5.97 Å². The third kappa shape index (κ3) is 14.0. The minimum atomic E-state index is -5.22. The number of hydrogen-bond acceptors (Lipinski definition) is 19. The van der Waals surface area contributed by atoms with Crippen LogP contribution in [-0.4, -0.2) is 163 Å². The number of methoxy groups -OCH3 is 2. The lowest BCUT2D eigenvalue weighted by Gasteiger charge is -2.30. The second kappa shape index (κ2) is 24.4. The van der Waals surface area contributed by atoms with Crippen molar-refractivity contribution in [2.45, 2.75) is 82.8 Å². The van der Waals surface area contributed by atoms with Gasteiger partial charge in [0.05, 0.1) is 32.3 Å². The fraction of sp³-hybridized carbons (Fsp3) is 0.333. The van der Waals surface area contributed by atoms with E-state index in [1.54, 1.807) is 47.6 Å². The van der Waals surface area contributed by atoms with Gasteiger partial charge in [-0.25, -0.2) is 4.79 Å². The van der Waals surface area contributed by atoms with Crippen LogP contribution >= 0.6 is 0 Å². The van der Waals surface area contributed by atoms with Crippen molar-refractivity contribution in [3.63, 3.8) is 0 Å². The molecule has 0 aliphatic carbocycles. The summed E-state index contributed by atoms with van der Waals surface area (Å²) in [5.74, 6) is -4.12. The molecule has 0 spiro atoms. The Morgan fingerprint density at radius 1 is 0.609 bits per heavy atom. The van der Waals surface area contributed by atoms with Gasteiger partial charge in [-0.05, 0) is 121 Å². The summed E-state index contributed by atoms with van der Waals surface area (Å²) in [4.78, 5) is 41.3. The average molecular weight is 1330 g/mol. The SMILES string of the molecule is COCCC1(C)C(/C=C/C(=C/C=C2/N(CCCS(=O)(=O)O)c3ccc4c(S(=O)(=O)O)cc(S(=O)(=O)O)cc4c3C2(C)CCOC)c2ccc(C(=O)ON3C(=O)CCC3=O)cc2)=[N+](CCCS(=O)(=O)O)c2ccc3c(S(=O)(=O)O)cc(S(=O)(=O)O)cc3c21. The number of amides is 2. The molecule has 3 aliphatic heterocycles. The van der Waals surface area contributed by atoms with Crippen molar-refractivity contribution in [2.24, 2.45) is 0 Å². The molecule has 33 heteroatoms. The Morgan fingerprint density at radius 3 is 1.61 bits per heavy atom. The zero-order valence-corrected chi connectivity index (χ0v) is 51.4. The second-order valence-corrected chi connectivity index (χ2v) is 29.8. The lowest BCUT2D eigenvalue weighted by molar-refractivity contribution is -0.437. The van der Waals surface area contributed by atoms with E-state index in [4.69, 9.17) is 14.3 Å². The zero-order chi connectivity index (χ0) is 64.2. The van der Waals surface area contributed by atoms with Crippen LogP contribution in [-0.2, 0) is 95.4 Å². The van der Waals surface area contributed by atoms with E-state index in [0.717, 1.165) is 12.1 Å². The van der Waals surface area contributed by atoms with Crippen molar-refractivity contribution in [2.75, 3.05) is 56.9 Å². The highest BCUT2D eigenvalue weighted by molar-refractivity contribution is 7.87. The molecule has 0 radical (unpaired) electrons. The number of benzene rings is 5. The van der Waals surface area contributed by atoms with Gasteiger partial charge in [0.2, 0.25) is 5.69 Å². The van der Waals surface area contributed by atoms with Gasteiger partial charge in [0.15, 0.2) is 5.71 Å². The summed E-state index contributed by atoms with van der Waals surface area (Å²) in [5, 5.41) is -0.216. The van der Waals surface area contributed by atoms with Gasteiger partial charge in [0.1, 0.15) is 16.3 Å². The summed E-state index contributed by atoms with van der Waals surface area (Å²) in [6.45, 7) is 2.85. The molecule has 87 heavy (non-hydrogen) atoms. The third-order valence-corrected chi connectivity index (χ3v) is 20.4. The number of anilines is 1. The molecular weight excluding hydrogens is 1270 g/mol. The van der Waals surface area contributed by atoms with Gasteiger partial charge < -0.3 is 19.2 Å². The summed E-state index contributed by atoms with van der Waals surface area (Å²) in [7, 11) is -27.2. The van der Waals surface area contributed by atoms with Crippen LogP contribution in [0.2, 0.25) is 0 Å². The number of nitrogens with zero attached hydrogens (tertiary/aromatic N) is 3. The molecule has 2 amide bonds. The van der Waals surface area contributed by atoms with E-state index < -0.39 is 120 Å². The minimum Gasteiger partial charge on any atom is -0.385 e. The first-order chi connectivity index (χ1) is 40.3. The second-order valence-electron chi connectivity index (χ2n) is 21.0. The highest BCUT2D eigenvalue weighted by atomic mass is 32.2. The summed E-state index contributed by atoms with van der Waals surface area (Å²) in [6, 6.07) is 14.1. The molecule has 3 aliphatic rings. The molecule has 2 atom stereocenters. The number of carbonyl (C=O) groups excluding carboxylic acids is 3. The van der Waals surface area contributed by atoms with Crippen LogP contribution in [0.25, 0.3) is 27.1 Å². The lowest BCUT2D eigenvalue weighted by atomic mass is 9.74. The zero-order valence-electron chi connectivity index (χ0n) is 46.5. The van der Waals surface area contributed by atoms with Crippen LogP contribution in [0.1, 0.15) is 79.4 Å². The number of ether oxygens (including phenoxy) is 2. The molecule has 2 unspecified atom stereocenters. The molecule has 5 aromatic rings. The van der Waals surface area contributed by atoms with E-state index in [-0.39, 0.29) is 126 Å². The predicted molar refractivity (Wildman–Crippen MR) is 312 cm³/mol. The van der Waals surface area contributed by atoms with E-state index in [2.05, 4.69) is 0 Å². The summed E-state index contributed by atoms with van der Waals surface area (Å²) in [5.41, 5.74) is -0.972. The molecule has 1 fully saturated rings. The Hall–Kier alpha value is -6.70. The summed E-state index contributed by atoms with van der Waals surface area (Å²) >= 11 is 0. The highest BCUT2D eigenvalue weighted by Gasteiger charge is 2.50. The van der Waals surface area contributed by atoms with Crippen molar-refractivity contribution < 1.29 is 111 Å². The van der Waals surface area contributed by atoms with Gasteiger partial charge in [-0.1, -0.05) is 24.3 Å². The number of carbonyl (C=O) groups is 3. The maximum absolute atomic E-state index is 13.4. The van der Waals surface area contributed by atoms with E-state index in [1.807, 2.05) is 0 Å². The lowest BCUT2D eigenvalue weighted by Crippen LogP contribution is -2.33. The molecule has 0 aromatic heterocycles. The topological polar surface area (TPSA) is 415 Å². The van der Waals surface area contributed by atoms with Crippen molar-refractivity contribution in [3.05, 3.63) is 125 Å². The molecular formula is C54H58N3O24S6+.